The van der Waals surface area contributed by atoms with Crippen LogP contribution >= 0.6 is 27.5 Å². The van der Waals surface area contributed by atoms with Gasteiger partial charge in [0, 0.05) is 16.8 Å². The van der Waals surface area contributed by atoms with Gasteiger partial charge in [0.15, 0.2) is 0 Å². The molecule has 0 fully saturated rings. The predicted molar refractivity (Wildman–Crippen MR) is 69.3 cm³/mol. The van der Waals surface area contributed by atoms with E-state index in [0.29, 0.717) is 4.88 Å². The van der Waals surface area contributed by atoms with Crippen molar-refractivity contribution in [3.05, 3.63) is 10.6 Å². The summed E-state index contributed by atoms with van der Waals surface area (Å²) in [7, 11) is 0. The van der Waals surface area contributed by atoms with Crippen molar-refractivity contribution in [3.8, 4) is 0 Å². The summed E-state index contributed by atoms with van der Waals surface area (Å²) in [6.07, 6.45) is 0. The minimum absolute atomic E-state index is 0.0909. The number of carbonyl (C=O) groups excluding carboxylic acids is 1. The average Bonchev–Trinajstić information content (AvgIpc) is 2.65. The van der Waals surface area contributed by atoms with Crippen molar-refractivity contribution < 1.29 is 4.79 Å². The largest absolute Gasteiger partial charge is 0.348 e. The Bertz CT molecular complexity index is 372. The van der Waals surface area contributed by atoms with E-state index >= 15 is 0 Å². The lowest BCUT2D eigenvalue weighted by Gasteiger charge is -2.17. The van der Waals surface area contributed by atoms with Crippen molar-refractivity contribution in [1.82, 2.24) is 14.9 Å². The molecule has 0 aliphatic rings. The van der Waals surface area contributed by atoms with Crippen molar-refractivity contribution in [1.29, 1.82) is 0 Å². The fourth-order valence-corrected chi connectivity index (χ4v) is 2.10. The van der Waals surface area contributed by atoms with Crippen molar-refractivity contribution in [2.75, 3.05) is 5.33 Å². The van der Waals surface area contributed by atoms with Gasteiger partial charge in [0.25, 0.3) is 5.91 Å². The standard InChI is InChI=1S/C10H16BrN3OS/c1-6(5-11)12-9(15)7-8(10(2,3)4)13-14-16-7/h6H,5H2,1-4H3,(H,12,15). The summed E-state index contributed by atoms with van der Waals surface area (Å²) in [6, 6.07) is 0.0995. The summed E-state index contributed by atoms with van der Waals surface area (Å²) in [5, 5.41) is 7.66. The number of halogens is 1. The minimum Gasteiger partial charge on any atom is -0.348 e. The SMILES string of the molecule is CC(CBr)NC(=O)c1snnc1C(C)(C)C. The number of rotatable bonds is 3. The number of nitrogens with one attached hydrogen (secondary N) is 1. The van der Waals surface area contributed by atoms with E-state index in [4.69, 9.17) is 0 Å². The average molecular weight is 306 g/mol. The molecule has 0 spiro atoms. The smallest absolute Gasteiger partial charge is 0.265 e. The molecule has 0 saturated heterocycles. The van der Waals surface area contributed by atoms with Gasteiger partial charge in [-0.05, 0) is 18.5 Å². The Labute approximate surface area is 108 Å². The maximum Gasteiger partial charge on any atom is 0.265 e. The second-order valence-corrected chi connectivity index (χ2v) is 6.13. The number of aromatic nitrogens is 2. The first-order valence-corrected chi connectivity index (χ1v) is 6.95. The van der Waals surface area contributed by atoms with Crippen LogP contribution in [0.4, 0.5) is 0 Å². The van der Waals surface area contributed by atoms with Crippen molar-refractivity contribution >= 4 is 33.4 Å². The second-order valence-electron chi connectivity index (χ2n) is 4.73. The topological polar surface area (TPSA) is 54.9 Å². The molecule has 1 atom stereocenters. The molecule has 1 heterocycles. The molecule has 1 rings (SSSR count). The fourth-order valence-electron chi connectivity index (χ4n) is 1.16. The molecule has 1 amide bonds. The predicted octanol–water partition coefficient (Wildman–Crippen LogP) is 2.35. The fraction of sp³-hybridized carbons (Fsp3) is 0.700. The first kappa shape index (κ1) is 13.6. The van der Waals surface area contributed by atoms with Gasteiger partial charge in [-0.2, -0.15) is 0 Å². The van der Waals surface area contributed by atoms with Crippen LogP contribution in [0.3, 0.4) is 0 Å². The molecule has 0 aliphatic carbocycles. The van der Waals surface area contributed by atoms with Gasteiger partial charge in [-0.25, -0.2) is 0 Å². The number of hydrogen-bond donors (Lipinski definition) is 1. The third kappa shape index (κ3) is 3.25. The molecular weight excluding hydrogens is 290 g/mol. The molecule has 90 valence electrons. The highest BCUT2D eigenvalue weighted by atomic mass is 79.9. The van der Waals surface area contributed by atoms with E-state index in [1.807, 2.05) is 27.7 Å². The Morgan fingerprint density at radius 2 is 2.19 bits per heavy atom. The van der Waals surface area contributed by atoms with E-state index in [-0.39, 0.29) is 17.4 Å². The van der Waals surface area contributed by atoms with E-state index < -0.39 is 0 Å². The monoisotopic (exact) mass is 305 g/mol. The molecule has 6 heteroatoms. The van der Waals surface area contributed by atoms with Gasteiger partial charge < -0.3 is 5.32 Å². The highest BCUT2D eigenvalue weighted by molar-refractivity contribution is 9.09. The van der Waals surface area contributed by atoms with Crippen LogP contribution in [-0.2, 0) is 5.41 Å². The summed E-state index contributed by atoms with van der Waals surface area (Å²) < 4.78 is 3.86. The molecule has 0 aromatic carbocycles. The first-order chi connectivity index (χ1) is 7.36. The lowest BCUT2D eigenvalue weighted by Crippen LogP contribution is -2.34. The van der Waals surface area contributed by atoms with Crippen LogP contribution in [0.25, 0.3) is 0 Å². The zero-order valence-corrected chi connectivity index (χ0v) is 12.3. The summed E-state index contributed by atoms with van der Waals surface area (Å²) in [6.45, 7) is 8.01. The molecule has 16 heavy (non-hydrogen) atoms. The van der Waals surface area contributed by atoms with Crippen molar-refractivity contribution in [2.24, 2.45) is 0 Å². The third-order valence-corrected chi connectivity index (χ3v) is 3.71. The lowest BCUT2D eigenvalue weighted by atomic mass is 9.91. The number of nitrogens with zero attached hydrogens (tertiary/aromatic N) is 2. The van der Waals surface area contributed by atoms with Gasteiger partial charge in [-0.1, -0.05) is 41.2 Å². The molecular formula is C10H16BrN3OS. The number of amides is 1. The van der Waals surface area contributed by atoms with E-state index in [1.54, 1.807) is 0 Å². The Balaban J connectivity index is 2.89. The number of hydrogen-bond acceptors (Lipinski definition) is 4. The molecule has 1 aromatic rings. The zero-order chi connectivity index (χ0) is 12.3. The van der Waals surface area contributed by atoms with Gasteiger partial charge >= 0.3 is 0 Å². The maximum atomic E-state index is 11.9. The number of alkyl halides is 1. The van der Waals surface area contributed by atoms with Crippen molar-refractivity contribution in [2.45, 2.75) is 39.2 Å². The van der Waals surface area contributed by atoms with E-state index in [0.717, 1.165) is 22.6 Å². The highest BCUT2D eigenvalue weighted by Gasteiger charge is 2.26. The van der Waals surface area contributed by atoms with Crippen LogP contribution in [-0.4, -0.2) is 26.9 Å². The molecule has 0 radical (unpaired) electrons. The Morgan fingerprint density at radius 3 is 2.69 bits per heavy atom. The summed E-state index contributed by atoms with van der Waals surface area (Å²) in [4.78, 5) is 12.6. The molecule has 4 nitrogen and oxygen atoms in total. The molecule has 1 unspecified atom stereocenters. The van der Waals surface area contributed by atoms with Crippen LogP contribution < -0.4 is 5.32 Å². The Morgan fingerprint density at radius 1 is 1.56 bits per heavy atom. The molecule has 0 saturated carbocycles. The van der Waals surface area contributed by atoms with Crippen LogP contribution in [0, 0.1) is 0 Å². The van der Waals surface area contributed by atoms with Crippen LogP contribution in [0.1, 0.15) is 43.1 Å². The molecule has 0 bridgehead atoms. The Hall–Kier alpha value is -0.490. The normalized spacial score (nSPS) is 13.6. The quantitative estimate of drug-likeness (QED) is 0.872. The van der Waals surface area contributed by atoms with Crippen LogP contribution in [0.5, 0.6) is 0 Å². The Kier molecular flexibility index (Phi) is 4.43. The van der Waals surface area contributed by atoms with Crippen LogP contribution in [0.2, 0.25) is 0 Å². The molecule has 0 aliphatic heterocycles. The van der Waals surface area contributed by atoms with Gasteiger partial charge in [0.1, 0.15) is 4.88 Å². The molecule has 1 N–H and O–H groups in total. The summed E-state index contributed by atoms with van der Waals surface area (Å²) >= 11 is 4.47. The van der Waals surface area contributed by atoms with Gasteiger partial charge in [-0.3, -0.25) is 4.79 Å². The highest BCUT2D eigenvalue weighted by Crippen LogP contribution is 2.25. The first-order valence-electron chi connectivity index (χ1n) is 5.06. The zero-order valence-electron chi connectivity index (χ0n) is 9.87. The molecule has 1 aromatic heterocycles. The van der Waals surface area contributed by atoms with Gasteiger partial charge in [-0.15, -0.1) is 5.10 Å². The van der Waals surface area contributed by atoms with E-state index in [9.17, 15) is 4.79 Å². The summed E-state index contributed by atoms with van der Waals surface area (Å²) in [5.74, 6) is -0.0909. The van der Waals surface area contributed by atoms with Crippen LogP contribution in [0.15, 0.2) is 0 Å². The summed E-state index contributed by atoms with van der Waals surface area (Å²) in [5.41, 5.74) is 0.605. The number of carbonyl (C=O) groups is 1. The van der Waals surface area contributed by atoms with Crippen molar-refractivity contribution in [3.63, 3.8) is 0 Å². The lowest BCUT2D eigenvalue weighted by molar-refractivity contribution is 0.0945. The second kappa shape index (κ2) is 5.23. The van der Waals surface area contributed by atoms with Gasteiger partial charge in [0.2, 0.25) is 0 Å². The van der Waals surface area contributed by atoms with E-state index in [1.165, 1.54) is 0 Å². The van der Waals surface area contributed by atoms with E-state index in [2.05, 4.69) is 30.8 Å². The maximum absolute atomic E-state index is 11.9. The third-order valence-electron chi connectivity index (χ3n) is 2.01. The van der Waals surface area contributed by atoms with Gasteiger partial charge in [0.05, 0.1) is 5.69 Å². The minimum atomic E-state index is -0.155.